The van der Waals surface area contributed by atoms with Gasteiger partial charge in [-0.05, 0) is 74.0 Å². The van der Waals surface area contributed by atoms with Gasteiger partial charge in [0.2, 0.25) is 0 Å². The summed E-state index contributed by atoms with van der Waals surface area (Å²) in [6.07, 6.45) is 0. The van der Waals surface area contributed by atoms with Crippen LogP contribution < -0.4 is 10.1 Å². The van der Waals surface area contributed by atoms with E-state index in [1.54, 1.807) is 25.3 Å². The lowest BCUT2D eigenvalue weighted by Gasteiger charge is -2.17. The van der Waals surface area contributed by atoms with Gasteiger partial charge in [0.1, 0.15) is 5.75 Å². The first-order valence-electron chi connectivity index (χ1n) is 12.0. The van der Waals surface area contributed by atoms with Crippen LogP contribution in [-0.2, 0) is 10.1 Å². The average Bonchev–Trinajstić information content (AvgIpc) is 3.24. The van der Waals surface area contributed by atoms with E-state index in [1.165, 1.54) is 0 Å². The SMILES string of the molecule is COc1ccc(-c2c(C)c(-c3cc(Cl)cc(Cl)c3)nn2C(C)c2ccc(C(=O)NCCS(=O)(=O)O)cc2)cc1. The summed E-state index contributed by atoms with van der Waals surface area (Å²) in [6, 6.07) is 19.8. The summed E-state index contributed by atoms with van der Waals surface area (Å²) in [7, 11) is -2.54. The van der Waals surface area contributed by atoms with Gasteiger partial charge in [0.15, 0.2) is 0 Å². The molecule has 4 aromatic rings. The largest absolute Gasteiger partial charge is 0.497 e. The van der Waals surface area contributed by atoms with Gasteiger partial charge in [-0.15, -0.1) is 0 Å². The molecule has 0 saturated heterocycles. The average molecular weight is 589 g/mol. The Kier molecular flexibility index (Phi) is 8.66. The maximum absolute atomic E-state index is 12.4. The quantitative estimate of drug-likeness (QED) is 0.230. The molecule has 0 saturated carbocycles. The number of carbonyl (C=O) groups excluding carboxylic acids is 1. The second-order valence-corrected chi connectivity index (χ2v) is 11.4. The topological polar surface area (TPSA) is 111 Å². The van der Waals surface area contributed by atoms with E-state index < -0.39 is 21.8 Å². The first kappa shape index (κ1) is 28.6. The van der Waals surface area contributed by atoms with Gasteiger partial charge in [0, 0.05) is 38.8 Å². The van der Waals surface area contributed by atoms with E-state index in [9.17, 15) is 13.2 Å². The van der Waals surface area contributed by atoms with Crippen LogP contribution in [0.4, 0.5) is 0 Å². The van der Waals surface area contributed by atoms with Gasteiger partial charge in [-0.3, -0.25) is 14.0 Å². The van der Waals surface area contributed by atoms with E-state index in [-0.39, 0.29) is 12.6 Å². The molecule has 0 aliphatic rings. The molecule has 11 heteroatoms. The Hall–Kier alpha value is -3.37. The highest BCUT2D eigenvalue weighted by Gasteiger charge is 2.22. The molecule has 1 heterocycles. The molecule has 1 amide bonds. The highest BCUT2D eigenvalue weighted by Crippen LogP contribution is 2.37. The van der Waals surface area contributed by atoms with Gasteiger partial charge in [0.05, 0.1) is 30.3 Å². The molecule has 0 bridgehead atoms. The van der Waals surface area contributed by atoms with Crippen molar-refractivity contribution in [3.05, 3.63) is 93.5 Å². The first-order valence-corrected chi connectivity index (χ1v) is 14.4. The lowest BCUT2D eigenvalue weighted by Crippen LogP contribution is -2.28. The van der Waals surface area contributed by atoms with Crippen molar-refractivity contribution < 1.29 is 22.5 Å². The van der Waals surface area contributed by atoms with Crippen molar-refractivity contribution in [3.63, 3.8) is 0 Å². The number of rotatable bonds is 9. The summed E-state index contributed by atoms with van der Waals surface area (Å²) >= 11 is 12.6. The second-order valence-electron chi connectivity index (χ2n) is 8.99. The molecule has 0 aliphatic heterocycles. The Bertz CT molecular complexity index is 1580. The van der Waals surface area contributed by atoms with Crippen LogP contribution in [0.5, 0.6) is 5.75 Å². The Morgan fingerprint density at radius 3 is 2.21 bits per heavy atom. The van der Waals surface area contributed by atoms with E-state index in [0.29, 0.717) is 15.6 Å². The fourth-order valence-electron chi connectivity index (χ4n) is 4.31. The number of benzene rings is 3. The Balaban J connectivity index is 1.71. The van der Waals surface area contributed by atoms with Crippen LogP contribution in [0.3, 0.4) is 0 Å². The van der Waals surface area contributed by atoms with Crippen LogP contribution in [0.1, 0.15) is 34.5 Å². The Morgan fingerprint density at radius 1 is 1.03 bits per heavy atom. The minimum absolute atomic E-state index is 0.191. The number of aromatic nitrogens is 2. The normalized spacial score (nSPS) is 12.3. The van der Waals surface area contributed by atoms with Crippen molar-refractivity contribution in [2.24, 2.45) is 0 Å². The highest BCUT2D eigenvalue weighted by atomic mass is 35.5. The summed E-state index contributed by atoms with van der Waals surface area (Å²) in [5, 5.41) is 8.49. The molecular weight excluding hydrogens is 561 g/mol. The van der Waals surface area contributed by atoms with Crippen molar-refractivity contribution in [2.45, 2.75) is 19.9 Å². The maximum Gasteiger partial charge on any atom is 0.266 e. The number of amides is 1. The summed E-state index contributed by atoms with van der Waals surface area (Å²) in [4.78, 5) is 12.4. The molecule has 0 spiro atoms. The highest BCUT2D eigenvalue weighted by molar-refractivity contribution is 7.85. The molecule has 3 aromatic carbocycles. The van der Waals surface area contributed by atoms with Gasteiger partial charge < -0.3 is 10.1 Å². The predicted octanol–water partition coefficient (Wildman–Crippen LogP) is 6.07. The number of hydrogen-bond donors (Lipinski definition) is 2. The van der Waals surface area contributed by atoms with E-state index in [0.717, 1.165) is 39.4 Å². The van der Waals surface area contributed by atoms with Crippen LogP contribution in [0, 0.1) is 6.92 Å². The number of carbonyl (C=O) groups is 1. The molecule has 4 rings (SSSR count). The maximum atomic E-state index is 12.4. The monoisotopic (exact) mass is 587 g/mol. The number of nitrogens with one attached hydrogen (secondary N) is 1. The summed E-state index contributed by atoms with van der Waals surface area (Å²) < 4.78 is 37.9. The zero-order valence-electron chi connectivity index (χ0n) is 21.5. The van der Waals surface area contributed by atoms with Crippen LogP contribution in [0.15, 0.2) is 66.7 Å². The molecule has 204 valence electrons. The summed E-state index contributed by atoms with van der Waals surface area (Å²) in [6.45, 7) is 3.82. The lowest BCUT2D eigenvalue weighted by atomic mass is 10.0. The third-order valence-electron chi connectivity index (χ3n) is 6.31. The molecule has 0 fully saturated rings. The number of ether oxygens (including phenoxy) is 1. The Labute approximate surface area is 237 Å². The zero-order valence-corrected chi connectivity index (χ0v) is 23.8. The summed E-state index contributed by atoms with van der Waals surface area (Å²) in [5.41, 5.74) is 5.60. The fraction of sp³-hybridized carbons (Fsp3) is 0.214. The molecule has 0 radical (unpaired) electrons. The van der Waals surface area contributed by atoms with Crippen LogP contribution in [0.2, 0.25) is 10.0 Å². The van der Waals surface area contributed by atoms with Crippen LogP contribution in [0.25, 0.3) is 22.5 Å². The van der Waals surface area contributed by atoms with Crippen molar-refractivity contribution in [3.8, 4) is 28.3 Å². The van der Waals surface area contributed by atoms with Gasteiger partial charge >= 0.3 is 0 Å². The van der Waals surface area contributed by atoms with Gasteiger partial charge in [-0.2, -0.15) is 13.5 Å². The van der Waals surface area contributed by atoms with Gasteiger partial charge in [-0.25, -0.2) is 0 Å². The number of halogens is 2. The van der Waals surface area contributed by atoms with E-state index >= 15 is 0 Å². The molecule has 8 nitrogen and oxygen atoms in total. The number of methoxy groups -OCH3 is 1. The third-order valence-corrected chi connectivity index (χ3v) is 7.47. The van der Waals surface area contributed by atoms with Crippen molar-refractivity contribution in [2.75, 3.05) is 19.4 Å². The minimum Gasteiger partial charge on any atom is -0.497 e. The van der Waals surface area contributed by atoms with E-state index in [4.69, 9.17) is 37.6 Å². The molecule has 2 N–H and O–H groups in total. The van der Waals surface area contributed by atoms with Crippen LogP contribution in [-0.4, -0.2) is 48.1 Å². The molecule has 39 heavy (non-hydrogen) atoms. The minimum atomic E-state index is -4.15. The standard InChI is InChI=1S/C28H27Cl2N3O5S/c1-17-26(22-14-23(29)16-24(30)15-22)32-33(27(17)20-8-10-25(38-3)11-9-20)18(2)19-4-6-21(7-5-19)28(34)31-12-13-39(35,36)37/h4-11,14-16,18H,12-13H2,1-3H3,(H,31,34)(H,35,36,37). The lowest BCUT2D eigenvalue weighted by molar-refractivity contribution is 0.0956. The molecule has 1 atom stereocenters. The van der Waals surface area contributed by atoms with Crippen LogP contribution >= 0.6 is 23.2 Å². The predicted molar refractivity (Wildman–Crippen MR) is 153 cm³/mol. The van der Waals surface area contributed by atoms with Gasteiger partial charge in [-0.1, -0.05) is 35.3 Å². The summed E-state index contributed by atoms with van der Waals surface area (Å²) in [5.74, 6) is -0.254. The van der Waals surface area contributed by atoms with Crippen molar-refractivity contribution in [1.29, 1.82) is 0 Å². The molecule has 1 unspecified atom stereocenters. The molecular formula is C28H27Cl2N3O5S. The van der Waals surface area contributed by atoms with Crippen molar-refractivity contribution >= 4 is 39.2 Å². The second kappa shape index (κ2) is 11.8. The van der Waals surface area contributed by atoms with E-state index in [1.807, 2.05) is 67.1 Å². The third kappa shape index (κ3) is 6.80. The zero-order chi connectivity index (χ0) is 28.3. The van der Waals surface area contributed by atoms with Crippen molar-refractivity contribution in [1.82, 2.24) is 15.1 Å². The van der Waals surface area contributed by atoms with E-state index in [2.05, 4.69) is 5.32 Å². The number of hydrogen-bond acceptors (Lipinski definition) is 5. The fourth-order valence-corrected chi connectivity index (χ4v) is 5.20. The number of nitrogens with zero attached hydrogens (tertiary/aromatic N) is 2. The smallest absolute Gasteiger partial charge is 0.266 e. The molecule has 0 aliphatic carbocycles. The Morgan fingerprint density at radius 2 is 1.64 bits per heavy atom. The van der Waals surface area contributed by atoms with Gasteiger partial charge in [0.25, 0.3) is 16.0 Å². The molecule has 1 aromatic heterocycles. The first-order chi connectivity index (χ1) is 18.5.